The number of morpholine rings is 1. The molecule has 2 aromatic carbocycles. The van der Waals surface area contributed by atoms with Crippen LogP contribution < -0.4 is 20.7 Å². The van der Waals surface area contributed by atoms with E-state index in [1.807, 2.05) is 0 Å². The molecule has 4 fully saturated rings. The fourth-order valence-electron chi connectivity index (χ4n) is 8.14. The molecule has 4 aliphatic heterocycles. The number of nitrogens with zero attached hydrogens (tertiary/aromatic N) is 5. The third-order valence-corrected chi connectivity index (χ3v) is 11.7. The third kappa shape index (κ3) is 4.76. The van der Waals surface area contributed by atoms with Gasteiger partial charge in [0.1, 0.15) is 28.2 Å². The van der Waals surface area contributed by atoms with Crippen LogP contribution in [0.5, 0.6) is 6.01 Å². The number of nitrogen functional groups attached to an aromatic ring is 1. The smallest absolute Gasteiger partial charge is 0.319 e. The quantitative estimate of drug-likeness (QED) is 0.289. The molecule has 0 spiro atoms. The van der Waals surface area contributed by atoms with E-state index in [1.54, 1.807) is 6.07 Å². The Morgan fingerprint density at radius 1 is 1.04 bits per heavy atom. The number of fused-ring (bicyclic) bond motifs is 6. The van der Waals surface area contributed by atoms with Crippen LogP contribution in [-0.2, 0) is 22.7 Å². The molecule has 3 N–H and O–H groups in total. The molecule has 2 unspecified atom stereocenters. The van der Waals surface area contributed by atoms with Crippen LogP contribution in [0.1, 0.15) is 42.4 Å². The number of hydrogen-bond acceptors (Lipinski definition) is 11. The summed E-state index contributed by atoms with van der Waals surface area (Å²) in [5, 5.41) is 14.7. The summed E-state index contributed by atoms with van der Waals surface area (Å²) in [6.07, 6.45) is 4.10. The normalized spacial score (nSPS) is 23.4. The van der Waals surface area contributed by atoms with E-state index in [2.05, 4.69) is 21.2 Å². The molecular formula is C34H35F2N7O3S. The van der Waals surface area contributed by atoms with Crippen LogP contribution >= 0.6 is 11.3 Å². The molecule has 13 heteroatoms. The molecule has 4 aromatic rings. The number of hydrogen-bond donors (Lipinski definition) is 2. The molecule has 244 valence electrons. The Bertz CT molecular complexity index is 1950. The van der Waals surface area contributed by atoms with Gasteiger partial charge in [-0.2, -0.15) is 15.2 Å². The van der Waals surface area contributed by atoms with Gasteiger partial charge in [0.25, 0.3) is 0 Å². The maximum absolute atomic E-state index is 17.4. The van der Waals surface area contributed by atoms with E-state index in [0.29, 0.717) is 33.5 Å². The minimum atomic E-state index is -0.672. The predicted molar refractivity (Wildman–Crippen MR) is 174 cm³/mol. The van der Waals surface area contributed by atoms with Crippen molar-refractivity contribution in [2.24, 2.45) is 5.41 Å². The average molecular weight is 660 g/mol. The zero-order valence-electron chi connectivity index (χ0n) is 25.9. The van der Waals surface area contributed by atoms with E-state index in [9.17, 15) is 5.26 Å². The van der Waals surface area contributed by atoms with Crippen LogP contribution in [-0.4, -0.2) is 79.5 Å². The molecule has 47 heavy (non-hydrogen) atoms. The van der Waals surface area contributed by atoms with Gasteiger partial charge in [0.2, 0.25) is 0 Å². The lowest BCUT2D eigenvalue weighted by Gasteiger charge is -2.37. The molecule has 0 amide bonds. The Labute approximate surface area is 274 Å². The lowest BCUT2D eigenvalue weighted by atomic mass is 9.90. The molecule has 1 saturated carbocycles. The first-order chi connectivity index (χ1) is 22.9. The molecule has 5 aliphatic rings. The van der Waals surface area contributed by atoms with Crippen molar-refractivity contribution in [3.05, 3.63) is 40.5 Å². The largest absolute Gasteiger partial charge is 0.463 e. The van der Waals surface area contributed by atoms with Crippen molar-refractivity contribution in [2.45, 2.75) is 51.0 Å². The summed E-state index contributed by atoms with van der Waals surface area (Å²) in [7, 11) is 0. The molecule has 3 saturated heterocycles. The number of nitrogens with one attached hydrogen (secondary N) is 1. The lowest BCUT2D eigenvalue weighted by Crippen LogP contribution is -2.52. The second-order valence-corrected chi connectivity index (χ2v) is 14.7. The number of aromatic nitrogens is 2. The number of benzene rings is 2. The van der Waals surface area contributed by atoms with Gasteiger partial charge in [-0.1, -0.05) is 0 Å². The zero-order chi connectivity index (χ0) is 31.9. The van der Waals surface area contributed by atoms with Crippen molar-refractivity contribution in [3.8, 4) is 23.2 Å². The Morgan fingerprint density at radius 3 is 2.55 bits per heavy atom. The fourth-order valence-corrected chi connectivity index (χ4v) is 9.07. The van der Waals surface area contributed by atoms with E-state index < -0.39 is 11.6 Å². The number of piperazine rings is 1. The standard InChI is InChI=1S/C34H35F2N7O3S/c35-23-3-4-24-25(20(11-37)31(38)47-24)28(23)26-21-14-45-15-22(21)27-30(29(26)36)40-33(41-32(27)43-18-1-2-19(43)13-39-12-18)46-17-34(5-6-34)16-42-7-9-44-10-8-42/h3-4,18-19,39H,1-2,5-10,12-17,38H2. The Kier molecular flexibility index (Phi) is 7.03. The van der Waals surface area contributed by atoms with Gasteiger partial charge in [0.05, 0.1) is 44.0 Å². The van der Waals surface area contributed by atoms with Crippen LogP contribution in [0.15, 0.2) is 12.1 Å². The highest BCUT2D eigenvalue weighted by atomic mass is 32.1. The number of nitrogens with two attached hydrogens (primary N) is 1. The Balaban J connectivity index is 1.22. The van der Waals surface area contributed by atoms with Crippen LogP contribution in [0.3, 0.4) is 0 Å². The van der Waals surface area contributed by atoms with Crippen LogP contribution in [0.2, 0.25) is 0 Å². The monoisotopic (exact) mass is 659 g/mol. The molecular weight excluding hydrogens is 624 g/mol. The topological polar surface area (TPSA) is 122 Å². The highest BCUT2D eigenvalue weighted by Gasteiger charge is 2.46. The maximum Gasteiger partial charge on any atom is 0.319 e. The highest BCUT2D eigenvalue weighted by Crippen LogP contribution is 2.50. The van der Waals surface area contributed by atoms with Gasteiger partial charge in [-0.3, -0.25) is 4.90 Å². The number of thiophene rings is 1. The predicted octanol–water partition coefficient (Wildman–Crippen LogP) is 4.71. The van der Waals surface area contributed by atoms with Crippen molar-refractivity contribution in [1.82, 2.24) is 20.2 Å². The van der Waals surface area contributed by atoms with E-state index in [0.717, 1.165) is 77.2 Å². The Hall–Kier alpha value is -3.67. The molecule has 2 bridgehead atoms. The van der Waals surface area contributed by atoms with Crippen molar-refractivity contribution in [1.29, 1.82) is 5.26 Å². The van der Waals surface area contributed by atoms with Gasteiger partial charge in [-0.05, 0) is 48.9 Å². The lowest BCUT2D eigenvalue weighted by molar-refractivity contribution is 0.0231. The SMILES string of the molecule is N#Cc1c(N)sc2ccc(F)c(-c3c4c(c5c(N6C7CCC6CNC7)nc(OCC6(CN7CCOCC7)CC6)nc5c3F)COC4)c12. The van der Waals surface area contributed by atoms with E-state index in [-0.39, 0.29) is 63.9 Å². The first-order valence-electron chi connectivity index (χ1n) is 16.4. The average Bonchev–Trinajstić information content (AvgIpc) is 3.39. The fraction of sp³-hybridized carbons (Fsp3) is 0.500. The van der Waals surface area contributed by atoms with E-state index in [4.69, 9.17) is 29.9 Å². The summed E-state index contributed by atoms with van der Waals surface area (Å²) >= 11 is 1.19. The number of ether oxygens (including phenoxy) is 3. The molecule has 9 rings (SSSR count). The first-order valence-corrected chi connectivity index (χ1v) is 17.2. The minimum Gasteiger partial charge on any atom is -0.463 e. The number of anilines is 2. The summed E-state index contributed by atoms with van der Waals surface area (Å²) in [5.41, 5.74) is 7.80. The summed E-state index contributed by atoms with van der Waals surface area (Å²) in [5.74, 6) is -0.654. The zero-order valence-corrected chi connectivity index (χ0v) is 26.7. The third-order valence-electron chi connectivity index (χ3n) is 10.7. The molecule has 6 heterocycles. The van der Waals surface area contributed by atoms with Crippen molar-refractivity contribution in [3.63, 3.8) is 0 Å². The van der Waals surface area contributed by atoms with Gasteiger partial charge in [-0.25, -0.2) is 8.78 Å². The van der Waals surface area contributed by atoms with Gasteiger partial charge in [0, 0.05) is 71.4 Å². The number of nitriles is 1. The summed E-state index contributed by atoms with van der Waals surface area (Å²) in [6.45, 7) is 6.55. The van der Waals surface area contributed by atoms with E-state index in [1.165, 1.54) is 17.4 Å². The van der Waals surface area contributed by atoms with Gasteiger partial charge in [0.15, 0.2) is 5.82 Å². The van der Waals surface area contributed by atoms with Gasteiger partial charge < -0.3 is 30.2 Å². The van der Waals surface area contributed by atoms with Crippen LogP contribution in [0.25, 0.3) is 32.1 Å². The molecule has 0 radical (unpaired) electrons. The summed E-state index contributed by atoms with van der Waals surface area (Å²) < 4.78 is 51.8. The first kappa shape index (κ1) is 29.5. The second kappa shape index (κ2) is 11.2. The molecule has 2 atom stereocenters. The van der Waals surface area contributed by atoms with E-state index >= 15 is 8.78 Å². The van der Waals surface area contributed by atoms with Gasteiger partial charge >= 0.3 is 6.01 Å². The van der Waals surface area contributed by atoms with Crippen LogP contribution in [0.4, 0.5) is 19.6 Å². The molecule has 10 nitrogen and oxygen atoms in total. The number of rotatable bonds is 7. The molecule has 1 aliphatic carbocycles. The van der Waals surface area contributed by atoms with Gasteiger partial charge in [-0.15, -0.1) is 11.3 Å². The molecule has 2 aromatic heterocycles. The van der Waals surface area contributed by atoms with Crippen LogP contribution in [0, 0.1) is 28.4 Å². The van der Waals surface area contributed by atoms with Crippen molar-refractivity contribution >= 4 is 43.1 Å². The summed E-state index contributed by atoms with van der Waals surface area (Å²) in [6, 6.07) is 5.54. The van der Waals surface area contributed by atoms with Crippen molar-refractivity contribution < 1.29 is 23.0 Å². The summed E-state index contributed by atoms with van der Waals surface area (Å²) in [4.78, 5) is 14.5. The highest BCUT2D eigenvalue weighted by molar-refractivity contribution is 7.23. The number of halogens is 2. The minimum absolute atomic E-state index is 0.00468. The maximum atomic E-state index is 17.4. The van der Waals surface area contributed by atoms with Crippen molar-refractivity contribution in [2.75, 3.05) is 63.2 Å². The Morgan fingerprint density at radius 2 is 1.81 bits per heavy atom. The second-order valence-electron chi connectivity index (χ2n) is 13.6.